The topological polar surface area (TPSA) is 82.4 Å². The Kier molecular flexibility index (Phi) is 4.24. The third-order valence-corrected chi connectivity index (χ3v) is 3.53. The Bertz CT molecular complexity index is 591. The summed E-state index contributed by atoms with van der Waals surface area (Å²) in [4.78, 5) is 25.6. The number of urea groups is 1. The summed E-state index contributed by atoms with van der Waals surface area (Å²) in [6.45, 7) is 4.60. The highest BCUT2D eigenvalue weighted by molar-refractivity contribution is 6.07. The van der Waals surface area contributed by atoms with E-state index in [1.54, 1.807) is 31.2 Å². The first-order chi connectivity index (χ1) is 10.0. The molecular formula is C15H17N3O3. The van der Waals surface area contributed by atoms with E-state index in [-0.39, 0.29) is 12.5 Å². The number of nitrogens with one attached hydrogen (secondary N) is 1. The predicted octanol–water partition coefficient (Wildman–Crippen LogP) is 1.36. The molecule has 0 unspecified atom stereocenters. The summed E-state index contributed by atoms with van der Waals surface area (Å²) in [6, 6.07) is 8.22. The van der Waals surface area contributed by atoms with Crippen molar-refractivity contribution in [2.45, 2.75) is 19.4 Å². The third kappa shape index (κ3) is 2.73. The van der Waals surface area contributed by atoms with Gasteiger partial charge >= 0.3 is 6.03 Å². The summed E-state index contributed by atoms with van der Waals surface area (Å²) >= 11 is 0. The van der Waals surface area contributed by atoms with Crippen LogP contribution in [0.1, 0.15) is 25.0 Å². The molecule has 1 atom stereocenters. The molecule has 1 saturated heterocycles. The van der Waals surface area contributed by atoms with Crippen LogP contribution in [-0.2, 0) is 15.1 Å². The fourth-order valence-electron chi connectivity index (χ4n) is 2.27. The molecule has 0 spiro atoms. The molecule has 2 rings (SSSR count). The number of imide groups is 1. The van der Waals surface area contributed by atoms with Crippen LogP contribution < -0.4 is 5.32 Å². The molecule has 0 radical (unpaired) electrons. The Hall–Kier alpha value is -2.39. The van der Waals surface area contributed by atoms with Crippen LogP contribution in [0, 0.1) is 11.3 Å². The molecule has 0 aliphatic carbocycles. The molecule has 6 nitrogen and oxygen atoms in total. The largest absolute Gasteiger partial charge is 0.380 e. The molecule has 1 fully saturated rings. The third-order valence-electron chi connectivity index (χ3n) is 3.53. The second-order valence-electron chi connectivity index (χ2n) is 4.90. The molecule has 1 heterocycles. The van der Waals surface area contributed by atoms with Gasteiger partial charge in [0.25, 0.3) is 5.91 Å². The Morgan fingerprint density at radius 1 is 1.33 bits per heavy atom. The van der Waals surface area contributed by atoms with Gasteiger partial charge in [0.2, 0.25) is 0 Å². The maximum atomic E-state index is 12.5. The molecule has 1 N–H and O–H groups in total. The standard InChI is InChI=1S/C15H17N3O3/c1-3-21-9-8-18-13(19)15(2,17-14(18)20)12-6-4-11(10-16)5-7-12/h4-7H,3,8-9H2,1-2H3,(H,17,20)/t15-/m1/s1. The number of rotatable bonds is 5. The number of hydrogen-bond acceptors (Lipinski definition) is 4. The number of carbonyl (C=O) groups excluding carboxylic acids is 2. The summed E-state index contributed by atoms with van der Waals surface area (Å²) in [7, 11) is 0. The number of nitrogens with zero attached hydrogens (tertiary/aromatic N) is 2. The van der Waals surface area contributed by atoms with E-state index in [1.165, 1.54) is 0 Å². The molecule has 21 heavy (non-hydrogen) atoms. The highest BCUT2D eigenvalue weighted by Crippen LogP contribution is 2.28. The van der Waals surface area contributed by atoms with Gasteiger partial charge in [-0.15, -0.1) is 0 Å². The molecule has 3 amide bonds. The van der Waals surface area contributed by atoms with Crippen LogP contribution in [0.5, 0.6) is 0 Å². The van der Waals surface area contributed by atoms with Crippen molar-refractivity contribution in [1.82, 2.24) is 10.2 Å². The van der Waals surface area contributed by atoms with E-state index < -0.39 is 11.6 Å². The lowest BCUT2D eigenvalue weighted by atomic mass is 9.91. The first-order valence-electron chi connectivity index (χ1n) is 6.75. The Morgan fingerprint density at radius 2 is 2.00 bits per heavy atom. The molecule has 0 bridgehead atoms. The highest BCUT2D eigenvalue weighted by atomic mass is 16.5. The second kappa shape index (κ2) is 5.94. The van der Waals surface area contributed by atoms with Crippen molar-refractivity contribution >= 4 is 11.9 Å². The summed E-state index contributed by atoms with van der Waals surface area (Å²) in [5.74, 6) is -0.308. The first-order valence-corrected chi connectivity index (χ1v) is 6.75. The minimum atomic E-state index is -1.10. The average molecular weight is 287 g/mol. The molecule has 1 aromatic carbocycles. The van der Waals surface area contributed by atoms with Crippen LogP contribution in [-0.4, -0.2) is 36.6 Å². The van der Waals surface area contributed by atoms with Gasteiger partial charge in [0.05, 0.1) is 24.8 Å². The molecule has 1 aromatic rings. The fourth-order valence-corrected chi connectivity index (χ4v) is 2.27. The lowest BCUT2D eigenvalue weighted by Crippen LogP contribution is -2.41. The van der Waals surface area contributed by atoms with E-state index in [2.05, 4.69) is 5.32 Å². The number of carbonyl (C=O) groups is 2. The highest BCUT2D eigenvalue weighted by Gasteiger charge is 2.48. The van der Waals surface area contributed by atoms with Gasteiger partial charge in [-0.05, 0) is 31.5 Å². The Labute approximate surface area is 123 Å². The normalized spacial score (nSPS) is 21.3. The van der Waals surface area contributed by atoms with E-state index >= 15 is 0 Å². The van der Waals surface area contributed by atoms with Gasteiger partial charge in [0, 0.05) is 6.61 Å². The zero-order valence-electron chi connectivity index (χ0n) is 12.0. The SMILES string of the molecule is CCOCCN1C(=O)N[C@](C)(c2ccc(C#N)cc2)C1=O. The molecule has 110 valence electrons. The van der Waals surface area contributed by atoms with Gasteiger partial charge in [0.15, 0.2) is 0 Å². The van der Waals surface area contributed by atoms with Gasteiger partial charge in [-0.3, -0.25) is 9.69 Å². The Balaban J connectivity index is 2.20. The van der Waals surface area contributed by atoms with E-state index in [1.807, 2.05) is 13.0 Å². The number of hydrogen-bond donors (Lipinski definition) is 1. The average Bonchev–Trinajstić information content (AvgIpc) is 2.71. The van der Waals surface area contributed by atoms with Gasteiger partial charge in [-0.25, -0.2) is 4.79 Å². The van der Waals surface area contributed by atoms with Gasteiger partial charge in [-0.1, -0.05) is 12.1 Å². The summed E-state index contributed by atoms with van der Waals surface area (Å²) in [6.07, 6.45) is 0. The zero-order chi connectivity index (χ0) is 15.5. The first kappa shape index (κ1) is 15.0. The summed E-state index contributed by atoms with van der Waals surface area (Å²) in [5, 5.41) is 11.5. The maximum Gasteiger partial charge on any atom is 0.325 e. The van der Waals surface area contributed by atoms with Gasteiger partial charge in [-0.2, -0.15) is 5.26 Å². The van der Waals surface area contributed by atoms with Crippen molar-refractivity contribution in [1.29, 1.82) is 5.26 Å². The van der Waals surface area contributed by atoms with E-state index in [0.717, 1.165) is 4.90 Å². The second-order valence-corrected chi connectivity index (χ2v) is 4.90. The quantitative estimate of drug-likeness (QED) is 0.655. The monoisotopic (exact) mass is 287 g/mol. The lowest BCUT2D eigenvalue weighted by molar-refractivity contribution is -0.131. The molecule has 6 heteroatoms. The zero-order valence-corrected chi connectivity index (χ0v) is 12.0. The Morgan fingerprint density at radius 3 is 2.57 bits per heavy atom. The minimum absolute atomic E-state index is 0.227. The van der Waals surface area contributed by atoms with Crippen molar-refractivity contribution in [2.24, 2.45) is 0 Å². The number of amides is 3. The van der Waals surface area contributed by atoms with Crippen molar-refractivity contribution in [2.75, 3.05) is 19.8 Å². The molecular weight excluding hydrogens is 270 g/mol. The lowest BCUT2D eigenvalue weighted by Gasteiger charge is -2.22. The van der Waals surface area contributed by atoms with E-state index in [4.69, 9.17) is 10.00 Å². The smallest absolute Gasteiger partial charge is 0.325 e. The van der Waals surface area contributed by atoms with Crippen molar-refractivity contribution in [3.63, 3.8) is 0 Å². The molecule has 1 aliphatic heterocycles. The molecule has 1 aliphatic rings. The van der Waals surface area contributed by atoms with Crippen molar-refractivity contribution in [3.8, 4) is 6.07 Å². The molecule has 0 aromatic heterocycles. The summed E-state index contributed by atoms with van der Waals surface area (Å²) in [5.41, 5.74) is 0.0585. The van der Waals surface area contributed by atoms with E-state index in [9.17, 15) is 9.59 Å². The van der Waals surface area contributed by atoms with Crippen LogP contribution in [0.15, 0.2) is 24.3 Å². The van der Waals surface area contributed by atoms with Gasteiger partial charge < -0.3 is 10.1 Å². The van der Waals surface area contributed by atoms with E-state index in [0.29, 0.717) is 24.3 Å². The van der Waals surface area contributed by atoms with Crippen molar-refractivity contribution < 1.29 is 14.3 Å². The van der Waals surface area contributed by atoms with Crippen LogP contribution in [0.25, 0.3) is 0 Å². The minimum Gasteiger partial charge on any atom is -0.380 e. The predicted molar refractivity (Wildman–Crippen MR) is 75.2 cm³/mol. The van der Waals surface area contributed by atoms with Crippen LogP contribution in [0.4, 0.5) is 4.79 Å². The summed E-state index contributed by atoms with van der Waals surface area (Å²) < 4.78 is 5.19. The van der Waals surface area contributed by atoms with Crippen LogP contribution >= 0.6 is 0 Å². The van der Waals surface area contributed by atoms with Crippen molar-refractivity contribution in [3.05, 3.63) is 35.4 Å². The van der Waals surface area contributed by atoms with Crippen LogP contribution in [0.2, 0.25) is 0 Å². The number of ether oxygens (including phenoxy) is 1. The number of nitriles is 1. The van der Waals surface area contributed by atoms with Crippen LogP contribution in [0.3, 0.4) is 0 Å². The maximum absolute atomic E-state index is 12.5. The molecule has 0 saturated carbocycles. The number of benzene rings is 1. The van der Waals surface area contributed by atoms with Gasteiger partial charge in [0.1, 0.15) is 5.54 Å². The fraction of sp³-hybridized carbons (Fsp3) is 0.400.